The van der Waals surface area contributed by atoms with E-state index in [1.807, 2.05) is 0 Å². The average Bonchev–Trinajstić information content (AvgIpc) is 2.96. The fourth-order valence-corrected chi connectivity index (χ4v) is 2.95. The molecule has 26 heavy (non-hydrogen) atoms. The van der Waals surface area contributed by atoms with Gasteiger partial charge in [0.05, 0.1) is 27.4 Å². The predicted molar refractivity (Wildman–Crippen MR) is 89.0 cm³/mol. The third kappa shape index (κ3) is 3.48. The van der Waals surface area contributed by atoms with Crippen LogP contribution in [0.15, 0.2) is 41.4 Å². The van der Waals surface area contributed by atoms with E-state index in [0.717, 1.165) is 17.7 Å². The Bertz CT molecular complexity index is 951. The van der Waals surface area contributed by atoms with Crippen LogP contribution in [0.1, 0.15) is 43.8 Å². The number of aryl methyl sites for hydroxylation is 1. The lowest BCUT2D eigenvalue weighted by Gasteiger charge is -2.09. The molecule has 0 heterocycles. The van der Waals surface area contributed by atoms with Gasteiger partial charge >= 0.3 is 12.1 Å². The maximum absolute atomic E-state index is 12.8. The summed E-state index contributed by atoms with van der Waals surface area (Å²) in [4.78, 5) is 27.4. The van der Waals surface area contributed by atoms with Gasteiger partial charge in [0, 0.05) is 5.56 Å². The Kier molecular flexibility index (Phi) is 4.58. The zero-order valence-electron chi connectivity index (χ0n) is 13.1. The van der Waals surface area contributed by atoms with Crippen molar-refractivity contribution < 1.29 is 27.9 Å². The minimum atomic E-state index is -4.61. The summed E-state index contributed by atoms with van der Waals surface area (Å²) in [6.45, 7) is 0. The van der Waals surface area contributed by atoms with Crippen molar-refractivity contribution >= 4 is 29.2 Å². The first kappa shape index (κ1) is 18.1. The highest BCUT2D eigenvalue weighted by molar-refractivity contribution is 6.34. The maximum atomic E-state index is 12.8. The molecule has 0 unspecified atom stereocenters. The third-order valence-corrected chi connectivity index (χ3v) is 4.39. The van der Waals surface area contributed by atoms with E-state index in [1.165, 1.54) is 12.1 Å². The molecule has 1 N–H and O–H groups in total. The molecule has 3 rings (SSSR count). The fourth-order valence-electron chi connectivity index (χ4n) is 2.75. The van der Waals surface area contributed by atoms with Gasteiger partial charge in [0.25, 0.3) is 5.91 Å². The molecule has 2 aromatic rings. The molecular formula is C18H11ClF3NO3. The lowest BCUT2D eigenvalue weighted by Crippen LogP contribution is -2.09. The van der Waals surface area contributed by atoms with Crippen LogP contribution < -0.4 is 0 Å². The van der Waals surface area contributed by atoms with Gasteiger partial charge in [-0.15, -0.1) is 0 Å². The first-order chi connectivity index (χ1) is 12.2. The molecule has 1 aliphatic rings. The quantitative estimate of drug-likeness (QED) is 0.824. The highest BCUT2D eigenvalue weighted by Gasteiger charge is 2.32. The van der Waals surface area contributed by atoms with Crippen molar-refractivity contribution in [1.29, 1.82) is 0 Å². The number of benzene rings is 2. The minimum Gasteiger partial charge on any atom is -0.478 e. The van der Waals surface area contributed by atoms with Crippen LogP contribution >= 0.6 is 11.6 Å². The summed E-state index contributed by atoms with van der Waals surface area (Å²) in [5.74, 6) is -2.02. The summed E-state index contributed by atoms with van der Waals surface area (Å²) >= 11 is 5.86. The number of nitrogens with zero attached hydrogens (tertiary/aromatic N) is 1. The number of aliphatic imine (C=N–C) groups is 1. The molecule has 1 amide bonds. The number of alkyl halides is 3. The maximum Gasteiger partial charge on any atom is 0.416 e. The highest BCUT2D eigenvalue weighted by Crippen LogP contribution is 2.32. The minimum absolute atomic E-state index is 0.0444. The number of halogens is 4. The summed E-state index contributed by atoms with van der Waals surface area (Å²) in [6.07, 6.45) is -3.65. The van der Waals surface area contributed by atoms with Crippen molar-refractivity contribution in [2.75, 3.05) is 0 Å². The second kappa shape index (κ2) is 6.57. The SMILES string of the molecule is O=C(O)c1ccc2c(c1)C(=NC(=O)c1cc(C(F)(F)F)ccc1Cl)CC2. The van der Waals surface area contributed by atoms with Crippen molar-refractivity contribution in [3.05, 3.63) is 69.2 Å². The Morgan fingerprint density at radius 3 is 2.46 bits per heavy atom. The van der Waals surface area contributed by atoms with Crippen molar-refractivity contribution in [1.82, 2.24) is 0 Å². The molecule has 1 aliphatic carbocycles. The number of carboxylic acid groups (broad SMARTS) is 1. The lowest BCUT2D eigenvalue weighted by atomic mass is 10.1. The molecule has 8 heteroatoms. The Morgan fingerprint density at radius 2 is 1.81 bits per heavy atom. The van der Waals surface area contributed by atoms with Gasteiger partial charge in [-0.1, -0.05) is 17.7 Å². The third-order valence-electron chi connectivity index (χ3n) is 4.06. The van der Waals surface area contributed by atoms with Crippen molar-refractivity contribution in [2.45, 2.75) is 19.0 Å². The van der Waals surface area contributed by atoms with E-state index in [2.05, 4.69) is 4.99 Å². The van der Waals surface area contributed by atoms with Crippen LogP contribution in [0, 0.1) is 0 Å². The number of carboxylic acids is 1. The van der Waals surface area contributed by atoms with Crippen molar-refractivity contribution in [3.63, 3.8) is 0 Å². The van der Waals surface area contributed by atoms with E-state index in [1.54, 1.807) is 6.07 Å². The summed E-state index contributed by atoms with van der Waals surface area (Å²) in [5, 5.41) is 8.94. The number of carbonyl (C=O) groups is 2. The predicted octanol–water partition coefficient (Wildman–Crippen LogP) is 4.63. The Hall–Kier alpha value is -2.67. The number of aromatic carboxylic acids is 1. The molecule has 2 aromatic carbocycles. The lowest BCUT2D eigenvalue weighted by molar-refractivity contribution is -0.137. The van der Waals surface area contributed by atoms with Gasteiger partial charge in [-0.05, 0) is 48.7 Å². The van der Waals surface area contributed by atoms with E-state index in [9.17, 15) is 22.8 Å². The van der Waals surface area contributed by atoms with Crippen LogP contribution in [0.5, 0.6) is 0 Å². The molecule has 0 aromatic heterocycles. The van der Waals surface area contributed by atoms with Gasteiger partial charge in [-0.2, -0.15) is 13.2 Å². The number of hydrogen-bond acceptors (Lipinski definition) is 2. The second-order valence-electron chi connectivity index (χ2n) is 5.73. The fraction of sp³-hybridized carbons (Fsp3) is 0.167. The van der Waals surface area contributed by atoms with Crippen LogP contribution in [0.2, 0.25) is 5.02 Å². The molecule has 0 radical (unpaired) electrons. The number of carbonyl (C=O) groups excluding carboxylic acids is 1. The van der Waals surface area contributed by atoms with Gasteiger partial charge in [0.15, 0.2) is 0 Å². The zero-order chi connectivity index (χ0) is 19.1. The zero-order valence-corrected chi connectivity index (χ0v) is 13.9. The van der Waals surface area contributed by atoms with E-state index in [-0.39, 0.29) is 16.1 Å². The van der Waals surface area contributed by atoms with Crippen LogP contribution in [-0.4, -0.2) is 22.7 Å². The van der Waals surface area contributed by atoms with E-state index in [0.29, 0.717) is 30.2 Å². The van der Waals surface area contributed by atoms with Crippen molar-refractivity contribution in [2.24, 2.45) is 4.99 Å². The molecule has 134 valence electrons. The molecule has 0 bridgehead atoms. The van der Waals surface area contributed by atoms with Crippen molar-refractivity contribution in [3.8, 4) is 0 Å². The molecular weight excluding hydrogens is 371 g/mol. The molecule has 0 fully saturated rings. The largest absolute Gasteiger partial charge is 0.478 e. The van der Waals surface area contributed by atoms with Gasteiger partial charge in [0.1, 0.15) is 0 Å². The van der Waals surface area contributed by atoms with E-state index < -0.39 is 23.6 Å². The molecule has 0 atom stereocenters. The molecule has 0 saturated heterocycles. The number of hydrogen-bond donors (Lipinski definition) is 1. The first-order valence-electron chi connectivity index (χ1n) is 7.52. The molecule has 4 nitrogen and oxygen atoms in total. The summed E-state index contributed by atoms with van der Waals surface area (Å²) in [5.41, 5.74) is 0.379. The van der Waals surface area contributed by atoms with Gasteiger partial charge < -0.3 is 5.11 Å². The van der Waals surface area contributed by atoms with Gasteiger partial charge in [-0.25, -0.2) is 9.79 Å². The summed E-state index contributed by atoms with van der Waals surface area (Å²) < 4.78 is 38.5. The van der Waals surface area contributed by atoms with Crippen LogP contribution in [0.3, 0.4) is 0 Å². The monoisotopic (exact) mass is 381 g/mol. The molecule has 0 spiro atoms. The van der Waals surface area contributed by atoms with Crippen LogP contribution in [-0.2, 0) is 12.6 Å². The Labute approximate surface area is 150 Å². The Morgan fingerprint density at radius 1 is 1.08 bits per heavy atom. The number of fused-ring (bicyclic) bond motifs is 1. The average molecular weight is 382 g/mol. The highest BCUT2D eigenvalue weighted by atomic mass is 35.5. The van der Waals surface area contributed by atoms with E-state index in [4.69, 9.17) is 16.7 Å². The summed E-state index contributed by atoms with van der Waals surface area (Å²) in [7, 11) is 0. The molecule has 0 saturated carbocycles. The van der Waals surface area contributed by atoms with E-state index >= 15 is 0 Å². The van der Waals surface area contributed by atoms with Crippen LogP contribution in [0.4, 0.5) is 13.2 Å². The standard InChI is InChI=1S/C18H11ClF3NO3/c19-14-5-4-11(18(20,21)22)8-13(14)16(24)23-15-6-3-9-1-2-10(17(25)26)7-12(9)15/h1-2,4-5,7-8H,3,6H2,(H,25,26). The topological polar surface area (TPSA) is 66.7 Å². The number of amides is 1. The van der Waals surface area contributed by atoms with Crippen LogP contribution in [0.25, 0.3) is 0 Å². The smallest absolute Gasteiger partial charge is 0.416 e. The molecule has 0 aliphatic heterocycles. The van der Waals surface area contributed by atoms with Gasteiger partial charge in [0.2, 0.25) is 0 Å². The van der Waals surface area contributed by atoms with Gasteiger partial charge in [-0.3, -0.25) is 4.79 Å². The number of rotatable bonds is 2. The Balaban J connectivity index is 2.00. The first-order valence-corrected chi connectivity index (χ1v) is 7.90. The normalized spacial score (nSPS) is 15.2. The second-order valence-corrected chi connectivity index (χ2v) is 6.14. The summed E-state index contributed by atoms with van der Waals surface area (Å²) in [6, 6.07) is 6.96.